The largest absolute Gasteiger partial charge is 0.334 e. The third-order valence-corrected chi connectivity index (χ3v) is 12.7. The van der Waals surface area contributed by atoms with E-state index in [1.54, 1.807) is 0 Å². The second kappa shape index (κ2) is 9.58. The molecule has 228 valence electrons. The molecule has 6 aromatic carbocycles. The highest BCUT2D eigenvalue weighted by atomic mass is 15.2. The van der Waals surface area contributed by atoms with Crippen LogP contribution < -0.4 is 4.90 Å². The molecule has 2 atom stereocenters. The summed E-state index contributed by atoms with van der Waals surface area (Å²) in [6.07, 6.45) is 6.32. The zero-order chi connectivity index (χ0) is 31.4. The molecule has 0 radical (unpaired) electrons. The minimum absolute atomic E-state index is 0.0344. The molecule has 0 N–H and O–H groups in total. The van der Waals surface area contributed by atoms with Crippen molar-refractivity contribution in [3.63, 3.8) is 0 Å². The Morgan fingerprint density at radius 3 is 1.60 bits per heavy atom. The molecule has 1 heteroatoms. The molecule has 0 aromatic heterocycles. The second-order valence-corrected chi connectivity index (χ2v) is 14.7. The summed E-state index contributed by atoms with van der Waals surface area (Å²) in [6.45, 7) is 5.10. The number of hydrogen-bond donors (Lipinski definition) is 0. The van der Waals surface area contributed by atoms with E-state index >= 15 is 0 Å². The van der Waals surface area contributed by atoms with E-state index in [1.165, 1.54) is 105 Å². The molecule has 2 unspecified atom stereocenters. The molecule has 1 fully saturated rings. The summed E-state index contributed by atoms with van der Waals surface area (Å²) in [7, 11) is 0. The lowest BCUT2D eigenvalue weighted by Gasteiger charge is -2.46. The van der Waals surface area contributed by atoms with Crippen molar-refractivity contribution in [3.05, 3.63) is 167 Å². The van der Waals surface area contributed by atoms with Gasteiger partial charge in [0.1, 0.15) is 0 Å². The van der Waals surface area contributed by atoms with Gasteiger partial charge in [-0.25, -0.2) is 0 Å². The van der Waals surface area contributed by atoms with E-state index in [0.717, 1.165) is 0 Å². The lowest BCUT2D eigenvalue weighted by atomic mass is 9.66. The van der Waals surface area contributed by atoms with Crippen molar-refractivity contribution in [2.24, 2.45) is 0 Å². The van der Waals surface area contributed by atoms with E-state index in [1.807, 2.05) is 0 Å². The van der Waals surface area contributed by atoms with Crippen LogP contribution in [0.25, 0.3) is 33.4 Å². The average molecular weight is 606 g/mol. The van der Waals surface area contributed by atoms with E-state index in [2.05, 4.69) is 158 Å². The molecule has 1 aliphatic heterocycles. The van der Waals surface area contributed by atoms with Gasteiger partial charge in [0, 0.05) is 16.8 Å². The highest BCUT2D eigenvalue weighted by Gasteiger charge is 2.57. The Kier molecular flexibility index (Phi) is 5.55. The van der Waals surface area contributed by atoms with E-state index in [4.69, 9.17) is 0 Å². The molecule has 1 heterocycles. The van der Waals surface area contributed by atoms with Crippen molar-refractivity contribution < 1.29 is 0 Å². The number of fused-ring (bicyclic) bond motifs is 13. The summed E-state index contributed by atoms with van der Waals surface area (Å²) in [5, 5.41) is 0. The molecule has 10 rings (SSSR count). The third-order valence-electron chi connectivity index (χ3n) is 12.7. The first-order chi connectivity index (χ1) is 23.1. The minimum atomic E-state index is -0.318. The summed E-state index contributed by atoms with van der Waals surface area (Å²) in [6, 6.07) is 53.1. The highest BCUT2D eigenvalue weighted by molar-refractivity contribution is 5.96. The van der Waals surface area contributed by atoms with Crippen molar-refractivity contribution >= 4 is 11.4 Å². The Morgan fingerprint density at radius 1 is 0.447 bits per heavy atom. The lowest BCUT2D eigenvalue weighted by Crippen LogP contribution is -2.52. The molecule has 3 aliphatic carbocycles. The smallest absolute Gasteiger partial charge is 0.0725 e. The Bertz CT molecular complexity index is 2160. The molecule has 0 amide bonds. The first-order valence-electron chi connectivity index (χ1n) is 17.5. The SMILES string of the molecule is CC12CCCCCC1(C)N(c1ccccc1)c1ccc(-c3ccc4c(c3)C3(c5ccccc5-c5ccccc53)c3ccccc3-4)cc12. The number of benzene rings is 6. The van der Waals surface area contributed by atoms with Gasteiger partial charge in [-0.15, -0.1) is 0 Å². The molecule has 0 bridgehead atoms. The third kappa shape index (κ3) is 3.35. The van der Waals surface area contributed by atoms with Gasteiger partial charge >= 0.3 is 0 Å². The van der Waals surface area contributed by atoms with Gasteiger partial charge in [0.25, 0.3) is 0 Å². The molecular weight excluding hydrogens is 567 g/mol. The number of hydrogen-bond acceptors (Lipinski definition) is 1. The van der Waals surface area contributed by atoms with Crippen LogP contribution in [0, 0.1) is 0 Å². The maximum atomic E-state index is 2.69. The minimum Gasteiger partial charge on any atom is -0.334 e. The molecule has 6 aromatic rings. The number of nitrogens with zero attached hydrogens (tertiary/aromatic N) is 1. The van der Waals surface area contributed by atoms with Crippen LogP contribution in [0.3, 0.4) is 0 Å². The Morgan fingerprint density at radius 2 is 0.957 bits per heavy atom. The fourth-order valence-electron chi connectivity index (χ4n) is 10.3. The number of para-hydroxylation sites is 1. The predicted molar refractivity (Wildman–Crippen MR) is 196 cm³/mol. The maximum Gasteiger partial charge on any atom is 0.0725 e. The fraction of sp³-hybridized carbons (Fsp3) is 0.217. The quantitative estimate of drug-likeness (QED) is 0.189. The number of rotatable bonds is 2. The highest BCUT2D eigenvalue weighted by Crippen LogP contribution is 2.64. The van der Waals surface area contributed by atoms with Gasteiger partial charge in [-0.1, -0.05) is 135 Å². The van der Waals surface area contributed by atoms with E-state index in [0.29, 0.717) is 0 Å². The van der Waals surface area contributed by atoms with Gasteiger partial charge < -0.3 is 4.90 Å². The van der Waals surface area contributed by atoms with Crippen molar-refractivity contribution in [1.29, 1.82) is 0 Å². The molecule has 1 nitrogen and oxygen atoms in total. The van der Waals surface area contributed by atoms with Gasteiger partial charge in [0.2, 0.25) is 0 Å². The normalized spacial score (nSPS) is 22.6. The van der Waals surface area contributed by atoms with Crippen molar-refractivity contribution in [2.45, 2.75) is 62.3 Å². The van der Waals surface area contributed by atoms with E-state index in [9.17, 15) is 0 Å². The average Bonchev–Trinajstić information content (AvgIpc) is 3.60. The maximum absolute atomic E-state index is 2.69. The Labute approximate surface area is 278 Å². The molecule has 1 spiro atoms. The van der Waals surface area contributed by atoms with Crippen LogP contribution in [-0.2, 0) is 10.8 Å². The molecule has 0 saturated heterocycles. The topological polar surface area (TPSA) is 3.24 Å². The van der Waals surface area contributed by atoms with Gasteiger partial charge in [-0.2, -0.15) is 0 Å². The van der Waals surface area contributed by atoms with Crippen molar-refractivity contribution in [2.75, 3.05) is 4.90 Å². The van der Waals surface area contributed by atoms with Crippen LogP contribution in [-0.4, -0.2) is 5.54 Å². The van der Waals surface area contributed by atoms with Crippen LogP contribution >= 0.6 is 0 Å². The van der Waals surface area contributed by atoms with Crippen LogP contribution in [0.5, 0.6) is 0 Å². The van der Waals surface area contributed by atoms with E-state index in [-0.39, 0.29) is 16.4 Å². The molecule has 47 heavy (non-hydrogen) atoms. The Hall–Kier alpha value is -4.88. The summed E-state index contributed by atoms with van der Waals surface area (Å²) >= 11 is 0. The van der Waals surface area contributed by atoms with Gasteiger partial charge in [-0.3, -0.25) is 0 Å². The zero-order valence-corrected chi connectivity index (χ0v) is 27.3. The summed E-state index contributed by atoms with van der Waals surface area (Å²) in [5.74, 6) is 0. The summed E-state index contributed by atoms with van der Waals surface area (Å²) < 4.78 is 0. The first kappa shape index (κ1) is 27.3. The summed E-state index contributed by atoms with van der Waals surface area (Å²) in [4.78, 5) is 2.69. The van der Waals surface area contributed by atoms with Crippen LogP contribution in [0.2, 0.25) is 0 Å². The molecule has 4 aliphatic rings. The predicted octanol–water partition coefficient (Wildman–Crippen LogP) is 11.8. The monoisotopic (exact) mass is 605 g/mol. The van der Waals surface area contributed by atoms with Crippen molar-refractivity contribution in [1.82, 2.24) is 0 Å². The van der Waals surface area contributed by atoms with Crippen LogP contribution in [0.15, 0.2) is 140 Å². The molecular formula is C46H39N. The summed E-state index contributed by atoms with van der Waals surface area (Å²) in [5.41, 5.74) is 17.7. The second-order valence-electron chi connectivity index (χ2n) is 14.7. The Balaban J connectivity index is 1.20. The van der Waals surface area contributed by atoms with E-state index < -0.39 is 0 Å². The lowest BCUT2D eigenvalue weighted by molar-refractivity contribution is 0.261. The standard InChI is InChI=1S/C46H39N/c1-44-27-13-4-14-28-45(44,2)47(33-15-5-3-6-16-33)43-26-24-32(30-42(43)44)31-23-25-37-36-19-9-12-22-40(36)46(41(37)29-31)38-20-10-7-17-34(38)35-18-8-11-21-39(35)46/h3,5-12,15-26,29-30H,4,13-14,27-28H2,1-2H3. The first-order valence-corrected chi connectivity index (χ1v) is 17.5. The van der Waals surface area contributed by atoms with Crippen LogP contribution in [0.1, 0.15) is 73.8 Å². The fourth-order valence-corrected chi connectivity index (χ4v) is 10.3. The van der Waals surface area contributed by atoms with Gasteiger partial charge in [0.05, 0.1) is 11.0 Å². The number of anilines is 2. The zero-order valence-electron chi connectivity index (χ0n) is 27.3. The molecule has 1 saturated carbocycles. The van der Waals surface area contributed by atoms with Gasteiger partial charge in [-0.05, 0) is 111 Å². The van der Waals surface area contributed by atoms with Gasteiger partial charge in [0.15, 0.2) is 0 Å². The van der Waals surface area contributed by atoms with Crippen molar-refractivity contribution in [3.8, 4) is 33.4 Å². The van der Waals surface area contributed by atoms with Crippen LogP contribution in [0.4, 0.5) is 11.4 Å².